The molecular formula is C21H24Br2O5. The number of esters is 1. The Morgan fingerprint density at radius 1 is 0.893 bits per heavy atom. The molecule has 28 heavy (non-hydrogen) atoms. The third-order valence-corrected chi connectivity index (χ3v) is 4.86. The van der Waals surface area contributed by atoms with Gasteiger partial charge in [0.2, 0.25) is 5.75 Å². The Balaban J connectivity index is 2.53. The summed E-state index contributed by atoms with van der Waals surface area (Å²) in [5.74, 6) is 1.86. The Morgan fingerprint density at radius 3 is 2.25 bits per heavy atom. The smallest absolute Gasteiger partial charge is 0.310 e. The Labute approximate surface area is 182 Å². The van der Waals surface area contributed by atoms with E-state index < -0.39 is 0 Å². The predicted octanol–water partition coefficient (Wildman–Crippen LogP) is 6.04. The minimum atomic E-state index is -0.316. The summed E-state index contributed by atoms with van der Waals surface area (Å²) in [4.78, 5) is 12.0. The average Bonchev–Trinajstić information content (AvgIpc) is 2.67. The van der Waals surface area contributed by atoms with Gasteiger partial charge in [0.15, 0.2) is 11.5 Å². The van der Waals surface area contributed by atoms with Gasteiger partial charge in [0.1, 0.15) is 5.75 Å². The zero-order valence-electron chi connectivity index (χ0n) is 16.2. The molecule has 2 aromatic rings. The maximum Gasteiger partial charge on any atom is 0.310 e. The third kappa shape index (κ3) is 5.88. The van der Waals surface area contributed by atoms with Crippen molar-refractivity contribution in [1.82, 2.24) is 0 Å². The molecule has 0 unspecified atom stereocenters. The number of halogens is 2. The van der Waals surface area contributed by atoms with Gasteiger partial charge in [0.25, 0.3) is 0 Å². The fraction of sp³-hybridized carbons (Fsp3) is 0.381. The van der Waals surface area contributed by atoms with Crippen molar-refractivity contribution in [3.05, 3.63) is 45.9 Å². The topological polar surface area (TPSA) is 54.0 Å². The van der Waals surface area contributed by atoms with Gasteiger partial charge in [-0.15, -0.1) is 0 Å². The van der Waals surface area contributed by atoms with Crippen molar-refractivity contribution in [2.24, 2.45) is 0 Å². The molecule has 0 aliphatic heterocycles. The summed E-state index contributed by atoms with van der Waals surface area (Å²) < 4.78 is 23.9. The molecule has 2 rings (SSSR count). The summed E-state index contributed by atoms with van der Waals surface area (Å²) in [7, 11) is 0. The van der Waals surface area contributed by atoms with Crippen molar-refractivity contribution in [2.45, 2.75) is 32.5 Å². The lowest BCUT2D eigenvalue weighted by atomic mass is 10.1. The van der Waals surface area contributed by atoms with Crippen LogP contribution in [0.5, 0.6) is 23.0 Å². The second-order valence-electron chi connectivity index (χ2n) is 5.72. The van der Waals surface area contributed by atoms with Crippen LogP contribution in [0.25, 0.3) is 0 Å². The van der Waals surface area contributed by atoms with E-state index in [1.807, 2.05) is 38.1 Å². The van der Waals surface area contributed by atoms with Crippen molar-refractivity contribution in [1.29, 1.82) is 0 Å². The molecule has 152 valence electrons. The van der Waals surface area contributed by atoms with Crippen molar-refractivity contribution >= 4 is 37.8 Å². The quantitative estimate of drug-likeness (QED) is 0.285. The number of ether oxygens (including phenoxy) is 4. The van der Waals surface area contributed by atoms with E-state index in [2.05, 4.69) is 31.9 Å². The van der Waals surface area contributed by atoms with Crippen molar-refractivity contribution in [3.8, 4) is 23.0 Å². The highest BCUT2D eigenvalue weighted by Gasteiger charge is 2.21. The van der Waals surface area contributed by atoms with E-state index in [0.717, 1.165) is 10.0 Å². The summed E-state index contributed by atoms with van der Waals surface area (Å²) >= 11 is 6.97. The van der Waals surface area contributed by atoms with Gasteiger partial charge in [0, 0.05) is 20.9 Å². The van der Waals surface area contributed by atoms with Gasteiger partial charge in [-0.3, -0.25) is 4.79 Å². The van der Waals surface area contributed by atoms with E-state index in [-0.39, 0.29) is 12.4 Å². The number of rotatable bonds is 10. The predicted molar refractivity (Wildman–Crippen MR) is 116 cm³/mol. The number of alkyl halides is 1. The first kappa shape index (κ1) is 22.6. The normalized spacial score (nSPS) is 10.5. The van der Waals surface area contributed by atoms with Crippen LogP contribution >= 0.6 is 31.9 Å². The van der Waals surface area contributed by atoms with Crippen LogP contribution < -0.4 is 14.2 Å². The second-order valence-corrected chi connectivity index (χ2v) is 7.19. The lowest BCUT2D eigenvalue weighted by Gasteiger charge is -2.20. The molecular weight excluding hydrogens is 492 g/mol. The Hall–Kier alpha value is -1.73. The van der Waals surface area contributed by atoms with Gasteiger partial charge in [0.05, 0.1) is 26.2 Å². The van der Waals surface area contributed by atoms with Gasteiger partial charge in [-0.2, -0.15) is 0 Å². The molecule has 0 amide bonds. The lowest BCUT2D eigenvalue weighted by molar-refractivity contribution is -0.142. The molecule has 0 aliphatic rings. The second kappa shape index (κ2) is 11.3. The molecule has 0 aliphatic carbocycles. The zero-order chi connectivity index (χ0) is 20.5. The molecule has 0 heterocycles. The minimum Gasteiger partial charge on any atom is -0.490 e. The number of benzene rings is 2. The van der Waals surface area contributed by atoms with E-state index in [4.69, 9.17) is 18.9 Å². The van der Waals surface area contributed by atoms with Crippen molar-refractivity contribution < 1.29 is 23.7 Å². The van der Waals surface area contributed by atoms with Gasteiger partial charge in [-0.1, -0.05) is 37.9 Å². The van der Waals surface area contributed by atoms with Gasteiger partial charge in [-0.25, -0.2) is 0 Å². The highest BCUT2D eigenvalue weighted by molar-refractivity contribution is 9.10. The van der Waals surface area contributed by atoms with Crippen LogP contribution in [0.4, 0.5) is 0 Å². The summed E-state index contributed by atoms with van der Waals surface area (Å²) in [6.45, 7) is 6.80. The Kier molecular flexibility index (Phi) is 9.12. The summed E-state index contributed by atoms with van der Waals surface area (Å²) in [6.07, 6.45) is 0.0948. The summed E-state index contributed by atoms with van der Waals surface area (Å²) in [5.41, 5.74) is 1.66. The lowest BCUT2D eigenvalue weighted by Crippen LogP contribution is -2.10. The third-order valence-electron chi connectivity index (χ3n) is 3.76. The number of hydrogen-bond acceptors (Lipinski definition) is 5. The highest BCUT2D eigenvalue weighted by atomic mass is 79.9. The van der Waals surface area contributed by atoms with Crippen LogP contribution in [0.3, 0.4) is 0 Å². The highest BCUT2D eigenvalue weighted by Crippen LogP contribution is 2.44. The Morgan fingerprint density at radius 2 is 1.61 bits per heavy atom. The first-order valence-corrected chi connectivity index (χ1v) is 11.0. The maximum atomic E-state index is 12.0. The number of carbonyl (C=O) groups excluding carboxylic acids is 1. The van der Waals surface area contributed by atoms with Gasteiger partial charge >= 0.3 is 5.97 Å². The summed E-state index contributed by atoms with van der Waals surface area (Å²) in [6, 6.07) is 9.37. The molecule has 0 N–H and O–H groups in total. The van der Waals surface area contributed by atoms with Crippen LogP contribution in [-0.2, 0) is 21.3 Å². The molecule has 2 aromatic carbocycles. The average molecular weight is 516 g/mol. The molecule has 0 saturated carbocycles. The number of hydrogen-bond donors (Lipinski definition) is 0. The first-order valence-electron chi connectivity index (χ1n) is 9.13. The molecule has 0 aromatic heterocycles. The van der Waals surface area contributed by atoms with Crippen molar-refractivity contribution in [2.75, 3.05) is 19.8 Å². The largest absolute Gasteiger partial charge is 0.490 e. The van der Waals surface area contributed by atoms with E-state index >= 15 is 0 Å². The van der Waals surface area contributed by atoms with Gasteiger partial charge in [-0.05, 0) is 45.0 Å². The molecule has 0 saturated heterocycles. The molecule has 0 radical (unpaired) electrons. The maximum absolute atomic E-state index is 12.0. The Bertz CT molecular complexity index is 808. The van der Waals surface area contributed by atoms with E-state index in [0.29, 0.717) is 53.7 Å². The van der Waals surface area contributed by atoms with E-state index in [1.54, 1.807) is 13.0 Å². The van der Waals surface area contributed by atoms with Crippen LogP contribution in [0.2, 0.25) is 0 Å². The standard InChI is InChI=1S/C21H24Br2O5/c1-4-25-18-9-7-14(12-19(24)26-5-2)20(27-6-3)21(18)28-17-10-8-16(23)11-15(17)13-22/h7-11H,4-6,12-13H2,1-3H3. The number of carbonyl (C=O) groups is 1. The monoisotopic (exact) mass is 514 g/mol. The molecule has 0 spiro atoms. The van der Waals surface area contributed by atoms with Crippen LogP contribution in [0.1, 0.15) is 31.9 Å². The minimum absolute atomic E-state index is 0.0948. The van der Waals surface area contributed by atoms with E-state index in [1.165, 1.54) is 0 Å². The van der Waals surface area contributed by atoms with Crippen LogP contribution in [0, 0.1) is 0 Å². The van der Waals surface area contributed by atoms with Crippen molar-refractivity contribution in [3.63, 3.8) is 0 Å². The van der Waals surface area contributed by atoms with E-state index in [9.17, 15) is 4.79 Å². The first-order chi connectivity index (χ1) is 13.5. The molecule has 0 atom stereocenters. The SMILES string of the molecule is CCOC(=O)Cc1ccc(OCC)c(Oc2ccc(Br)cc2CBr)c1OCC. The molecule has 7 heteroatoms. The van der Waals surface area contributed by atoms with Gasteiger partial charge < -0.3 is 18.9 Å². The fourth-order valence-electron chi connectivity index (χ4n) is 2.62. The molecule has 5 nitrogen and oxygen atoms in total. The fourth-order valence-corrected chi connectivity index (χ4v) is 3.47. The summed E-state index contributed by atoms with van der Waals surface area (Å²) in [5, 5.41) is 0.623. The van der Waals surface area contributed by atoms with Crippen LogP contribution in [0.15, 0.2) is 34.8 Å². The molecule has 0 bridgehead atoms. The van der Waals surface area contributed by atoms with Crippen LogP contribution in [-0.4, -0.2) is 25.8 Å². The molecule has 0 fully saturated rings. The zero-order valence-corrected chi connectivity index (χ0v) is 19.4.